The van der Waals surface area contributed by atoms with Crippen LogP contribution in [0.5, 0.6) is 0 Å². The number of hydrogen-bond acceptors (Lipinski definition) is 3. The molecular formula is C8H10ClNOS. The van der Waals surface area contributed by atoms with Crippen molar-refractivity contribution in [1.29, 1.82) is 0 Å². The van der Waals surface area contributed by atoms with Crippen molar-refractivity contribution in [2.24, 2.45) is 0 Å². The Kier molecular flexibility index (Phi) is 4.43. The number of alkyl halides is 1. The first-order chi connectivity index (χ1) is 5.83. The number of pyridine rings is 1. The largest absolute Gasteiger partial charge is 0.391 e. The Bertz CT molecular complexity index is 220. The lowest BCUT2D eigenvalue weighted by Crippen LogP contribution is -2.11. The first kappa shape index (κ1) is 9.84. The van der Waals surface area contributed by atoms with Crippen molar-refractivity contribution in [2.75, 3.05) is 11.6 Å². The highest BCUT2D eigenvalue weighted by Gasteiger charge is 2.02. The minimum absolute atomic E-state index is 0.278. The molecule has 0 saturated heterocycles. The van der Waals surface area contributed by atoms with E-state index in [2.05, 4.69) is 4.98 Å². The summed E-state index contributed by atoms with van der Waals surface area (Å²) in [5.74, 6) is 0.875. The molecule has 0 amide bonds. The maximum atomic E-state index is 9.14. The molecule has 1 aromatic heterocycles. The van der Waals surface area contributed by atoms with Gasteiger partial charge in [0.2, 0.25) is 0 Å². The first-order valence-electron chi connectivity index (χ1n) is 3.61. The minimum Gasteiger partial charge on any atom is -0.391 e. The third kappa shape index (κ3) is 3.43. The number of aliphatic hydroxyl groups is 1. The van der Waals surface area contributed by atoms with Gasteiger partial charge in [-0.2, -0.15) is 0 Å². The number of nitrogens with zero attached hydrogens (tertiary/aromatic N) is 1. The molecule has 0 spiro atoms. The maximum Gasteiger partial charge on any atom is 0.0960 e. The van der Waals surface area contributed by atoms with E-state index in [-0.39, 0.29) is 5.88 Å². The Morgan fingerprint density at radius 3 is 3.00 bits per heavy atom. The summed E-state index contributed by atoms with van der Waals surface area (Å²) < 4.78 is 0. The molecule has 0 fully saturated rings. The van der Waals surface area contributed by atoms with Gasteiger partial charge in [0, 0.05) is 17.8 Å². The zero-order chi connectivity index (χ0) is 8.81. The second-order valence-electron chi connectivity index (χ2n) is 2.29. The molecule has 1 N–H and O–H groups in total. The van der Waals surface area contributed by atoms with Crippen molar-refractivity contribution >= 4 is 23.4 Å². The molecule has 1 aromatic rings. The smallest absolute Gasteiger partial charge is 0.0960 e. The van der Waals surface area contributed by atoms with E-state index in [4.69, 9.17) is 16.7 Å². The quantitative estimate of drug-likeness (QED) is 0.598. The Balaban J connectivity index is 2.33. The number of rotatable bonds is 4. The summed E-state index contributed by atoms with van der Waals surface area (Å²) in [7, 11) is 0. The molecule has 1 heterocycles. The lowest BCUT2D eigenvalue weighted by molar-refractivity contribution is 0.223. The number of aliphatic hydroxyl groups excluding tert-OH is 1. The fourth-order valence-corrected chi connectivity index (χ4v) is 1.69. The van der Waals surface area contributed by atoms with E-state index in [1.807, 2.05) is 18.2 Å². The Morgan fingerprint density at radius 1 is 1.58 bits per heavy atom. The Labute approximate surface area is 81.0 Å². The fourth-order valence-electron chi connectivity index (χ4n) is 0.659. The molecule has 4 heteroatoms. The van der Waals surface area contributed by atoms with Crippen LogP contribution in [0.4, 0.5) is 0 Å². The zero-order valence-corrected chi connectivity index (χ0v) is 8.05. The summed E-state index contributed by atoms with van der Waals surface area (Å²) in [5.41, 5.74) is 0. The number of aromatic nitrogens is 1. The summed E-state index contributed by atoms with van der Waals surface area (Å²) >= 11 is 6.94. The standard InChI is InChI=1S/C8H10ClNOS/c9-5-7(11)6-12-8-3-1-2-4-10-8/h1-4,7,11H,5-6H2. The van der Waals surface area contributed by atoms with Gasteiger partial charge in [-0.1, -0.05) is 6.07 Å². The van der Waals surface area contributed by atoms with Crippen LogP contribution < -0.4 is 0 Å². The second kappa shape index (κ2) is 5.41. The van der Waals surface area contributed by atoms with Gasteiger partial charge in [0.15, 0.2) is 0 Å². The van der Waals surface area contributed by atoms with Crippen LogP contribution in [-0.4, -0.2) is 27.8 Å². The number of thioether (sulfide) groups is 1. The number of halogens is 1. The fraction of sp³-hybridized carbons (Fsp3) is 0.375. The van der Waals surface area contributed by atoms with Crippen LogP contribution >= 0.6 is 23.4 Å². The van der Waals surface area contributed by atoms with Crippen LogP contribution in [0.25, 0.3) is 0 Å². The van der Waals surface area contributed by atoms with Gasteiger partial charge >= 0.3 is 0 Å². The molecule has 0 aliphatic carbocycles. The molecule has 0 radical (unpaired) electrons. The third-order valence-corrected chi connectivity index (χ3v) is 2.68. The van der Waals surface area contributed by atoms with Crippen molar-refractivity contribution < 1.29 is 5.11 Å². The van der Waals surface area contributed by atoms with E-state index in [0.29, 0.717) is 5.75 Å². The van der Waals surface area contributed by atoms with Crippen LogP contribution in [-0.2, 0) is 0 Å². The van der Waals surface area contributed by atoms with Gasteiger partial charge in [0.05, 0.1) is 11.1 Å². The molecule has 1 atom stereocenters. The summed E-state index contributed by atoms with van der Waals surface area (Å²) in [6.45, 7) is 0. The van der Waals surface area contributed by atoms with Crippen molar-refractivity contribution in [3.8, 4) is 0 Å². The van der Waals surface area contributed by atoms with E-state index in [1.165, 1.54) is 11.8 Å². The monoisotopic (exact) mass is 203 g/mol. The molecule has 0 bridgehead atoms. The lowest BCUT2D eigenvalue weighted by Gasteiger charge is -2.04. The van der Waals surface area contributed by atoms with Crippen LogP contribution in [0.3, 0.4) is 0 Å². The van der Waals surface area contributed by atoms with Gasteiger partial charge in [-0.25, -0.2) is 4.98 Å². The maximum absolute atomic E-state index is 9.14. The average molecular weight is 204 g/mol. The van der Waals surface area contributed by atoms with Gasteiger partial charge in [-0.15, -0.1) is 23.4 Å². The lowest BCUT2D eigenvalue weighted by atomic mass is 10.5. The first-order valence-corrected chi connectivity index (χ1v) is 5.13. The summed E-state index contributed by atoms with van der Waals surface area (Å²) in [6.07, 6.45) is 1.29. The van der Waals surface area contributed by atoms with E-state index < -0.39 is 6.10 Å². The van der Waals surface area contributed by atoms with Gasteiger partial charge in [0.1, 0.15) is 0 Å². The summed E-state index contributed by atoms with van der Waals surface area (Å²) in [6, 6.07) is 5.69. The van der Waals surface area contributed by atoms with Gasteiger partial charge in [-0.3, -0.25) is 0 Å². The van der Waals surface area contributed by atoms with E-state index >= 15 is 0 Å². The molecule has 66 valence electrons. The predicted octanol–water partition coefficient (Wildman–Crippen LogP) is 1.77. The topological polar surface area (TPSA) is 33.1 Å². The molecular weight excluding hydrogens is 194 g/mol. The van der Waals surface area contributed by atoms with Crippen LogP contribution in [0.15, 0.2) is 29.4 Å². The molecule has 0 aliphatic rings. The summed E-state index contributed by atoms with van der Waals surface area (Å²) in [4.78, 5) is 4.09. The van der Waals surface area contributed by atoms with Crippen molar-refractivity contribution in [3.63, 3.8) is 0 Å². The van der Waals surface area contributed by atoms with Crippen LogP contribution in [0.2, 0.25) is 0 Å². The van der Waals surface area contributed by atoms with Gasteiger partial charge in [-0.05, 0) is 12.1 Å². The van der Waals surface area contributed by atoms with E-state index in [1.54, 1.807) is 6.20 Å². The van der Waals surface area contributed by atoms with Gasteiger partial charge in [0.25, 0.3) is 0 Å². The zero-order valence-electron chi connectivity index (χ0n) is 6.48. The SMILES string of the molecule is OC(CCl)CSc1ccccn1. The average Bonchev–Trinajstić information content (AvgIpc) is 2.16. The number of hydrogen-bond donors (Lipinski definition) is 1. The van der Waals surface area contributed by atoms with Crippen molar-refractivity contribution in [2.45, 2.75) is 11.1 Å². The van der Waals surface area contributed by atoms with Crippen molar-refractivity contribution in [3.05, 3.63) is 24.4 Å². The van der Waals surface area contributed by atoms with Crippen LogP contribution in [0, 0.1) is 0 Å². The third-order valence-electron chi connectivity index (χ3n) is 1.24. The molecule has 1 unspecified atom stereocenters. The minimum atomic E-state index is -0.446. The molecule has 2 nitrogen and oxygen atoms in total. The normalized spacial score (nSPS) is 12.8. The van der Waals surface area contributed by atoms with Gasteiger partial charge < -0.3 is 5.11 Å². The van der Waals surface area contributed by atoms with E-state index in [0.717, 1.165) is 5.03 Å². The molecule has 1 rings (SSSR count). The highest BCUT2D eigenvalue weighted by atomic mass is 35.5. The summed E-state index contributed by atoms with van der Waals surface area (Å²) in [5, 5.41) is 10.1. The highest BCUT2D eigenvalue weighted by molar-refractivity contribution is 7.99. The second-order valence-corrected chi connectivity index (χ2v) is 3.64. The Morgan fingerprint density at radius 2 is 2.42 bits per heavy atom. The van der Waals surface area contributed by atoms with Crippen LogP contribution in [0.1, 0.15) is 0 Å². The molecule has 12 heavy (non-hydrogen) atoms. The highest BCUT2D eigenvalue weighted by Crippen LogP contribution is 2.15. The van der Waals surface area contributed by atoms with E-state index in [9.17, 15) is 0 Å². The van der Waals surface area contributed by atoms with Crippen molar-refractivity contribution in [1.82, 2.24) is 4.98 Å². The predicted molar refractivity (Wildman–Crippen MR) is 51.7 cm³/mol. The molecule has 0 aliphatic heterocycles. The Hall–Kier alpha value is -0.250. The molecule has 0 saturated carbocycles. The molecule has 0 aromatic carbocycles.